The molecule has 0 fully saturated rings. The fraction of sp³-hybridized carbons (Fsp3) is 0. The van der Waals surface area contributed by atoms with E-state index >= 15 is 0 Å². The second-order valence-electron chi connectivity index (χ2n) is 9.77. The molecule has 1 heterocycles. The van der Waals surface area contributed by atoms with Gasteiger partial charge in [0.25, 0.3) is 40.5 Å². The number of rotatable bonds is 8. The first kappa shape index (κ1) is 54.8. The zero-order valence-corrected chi connectivity index (χ0v) is 40.8. The molecule has 55 heavy (non-hydrogen) atoms. The first-order chi connectivity index (χ1) is 22.9. The number of aromatic nitrogens is 2. The van der Waals surface area contributed by atoms with Gasteiger partial charge < -0.3 is 15.5 Å². The number of aromatic hydroxyl groups is 2. The van der Waals surface area contributed by atoms with Crippen molar-refractivity contribution in [3.05, 3.63) is 59.5 Å². The standard InChI is InChI=1S/C24H14ClF2N5O14S4.Cu.4Na/c25-18-22(26)29-24(27)30-23(18)28-9-1-2-11-8(3-9)4-16(50(44,45)46)19(20(11)33)32-31-13-7-14(48(38,39)40)12-5-10(47(35,36)37)6-15(49(41,42)43)17(12)21(13)34;;;;;/h1-7,33-34H,(H,28,29,30)(H,35,36,37)(H,38,39,40)(H,41,42,43)(H,44,45,46);;;;;/q;;4*+1. The molecule has 7 N–H and O–H groups in total. The van der Waals surface area contributed by atoms with Gasteiger partial charge in [0.1, 0.15) is 31.1 Å². The van der Waals surface area contributed by atoms with Crippen molar-refractivity contribution in [2.45, 2.75) is 19.6 Å². The zero-order chi connectivity index (χ0) is 37.3. The van der Waals surface area contributed by atoms with Crippen LogP contribution in [0.4, 0.5) is 31.7 Å². The molecule has 0 unspecified atom stereocenters. The molecule has 0 spiro atoms. The van der Waals surface area contributed by atoms with E-state index in [1.165, 1.54) is 6.07 Å². The van der Waals surface area contributed by atoms with Gasteiger partial charge in [-0.3, -0.25) is 18.2 Å². The molecule has 4 aromatic carbocycles. The molecule has 0 saturated carbocycles. The Balaban J connectivity index is 0.00000583. The summed E-state index contributed by atoms with van der Waals surface area (Å²) in [7, 11) is -21.7. The molecule has 5 aromatic rings. The SMILES string of the molecule is O=S(=O)(O)c1cc(S(=O)(=O)O)c2c(O)c(N=Nc3c(S(=O)(=O)O)cc4cc(Nc5nc(F)nc(F)c5Cl)ccc4c3O)cc(S(=O)(=O)O)c2c1.[Cu].[Na+].[Na+].[Na+].[Na+]. The summed E-state index contributed by atoms with van der Waals surface area (Å²) in [6, 6.07) is 4.86. The molecule has 0 amide bonds. The number of azo groups is 1. The maximum atomic E-state index is 13.7. The smallest absolute Gasteiger partial charge is 0.505 e. The zero-order valence-electron chi connectivity index (χ0n) is 27.8. The van der Waals surface area contributed by atoms with Crippen molar-refractivity contribution in [2.75, 3.05) is 5.32 Å². The number of nitrogens with one attached hydrogen (secondary N) is 1. The van der Waals surface area contributed by atoms with Crippen LogP contribution in [0, 0.1) is 12.0 Å². The van der Waals surface area contributed by atoms with Crippen LogP contribution in [0.1, 0.15) is 0 Å². The van der Waals surface area contributed by atoms with Crippen LogP contribution in [0.15, 0.2) is 72.3 Å². The molecule has 275 valence electrons. The van der Waals surface area contributed by atoms with E-state index in [2.05, 4.69) is 25.5 Å². The summed E-state index contributed by atoms with van der Waals surface area (Å²) in [5, 5.41) is 27.9. The molecule has 0 aliphatic carbocycles. The quantitative estimate of drug-likeness (QED) is 0.0250. The summed E-state index contributed by atoms with van der Waals surface area (Å²) in [4.78, 5) is 0.754. The minimum Gasteiger partial charge on any atom is -0.505 e. The Morgan fingerprint density at radius 1 is 0.655 bits per heavy atom. The maximum absolute atomic E-state index is 13.7. The third-order valence-corrected chi connectivity index (χ3v) is 10.4. The number of hydrogen-bond donors (Lipinski definition) is 7. The van der Waals surface area contributed by atoms with E-state index in [9.17, 15) is 70.9 Å². The van der Waals surface area contributed by atoms with Crippen molar-refractivity contribution in [3.63, 3.8) is 0 Å². The van der Waals surface area contributed by atoms with E-state index in [1.807, 2.05) is 0 Å². The number of benzene rings is 4. The van der Waals surface area contributed by atoms with Crippen molar-refractivity contribution in [1.29, 1.82) is 0 Å². The van der Waals surface area contributed by atoms with Crippen molar-refractivity contribution in [3.8, 4) is 11.5 Å². The first-order valence-corrected chi connectivity index (χ1v) is 18.6. The summed E-state index contributed by atoms with van der Waals surface area (Å²) in [5.74, 6) is -4.37. The Kier molecular flexibility index (Phi) is 19.8. The number of nitrogens with zero attached hydrogens (tertiary/aromatic N) is 4. The van der Waals surface area contributed by atoms with Crippen molar-refractivity contribution in [2.24, 2.45) is 10.2 Å². The first-order valence-electron chi connectivity index (χ1n) is 12.5. The van der Waals surface area contributed by atoms with Crippen LogP contribution in [0.3, 0.4) is 0 Å². The van der Waals surface area contributed by atoms with Gasteiger partial charge in [-0.25, -0.2) is 0 Å². The molecule has 0 aliphatic heterocycles. The Labute approximate surface area is 412 Å². The van der Waals surface area contributed by atoms with Crippen LogP contribution in [-0.2, 0) is 57.5 Å². The second kappa shape index (κ2) is 19.9. The molecule has 0 saturated heterocycles. The largest absolute Gasteiger partial charge is 1.00 e. The molecule has 1 radical (unpaired) electrons. The predicted octanol–water partition coefficient (Wildman–Crippen LogP) is -7.71. The Morgan fingerprint density at radius 3 is 1.75 bits per heavy atom. The van der Waals surface area contributed by atoms with Crippen molar-refractivity contribution >= 4 is 96.5 Å². The van der Waals surface area contributed by atoms with Crippen LogP contribution in [-0.4, -0.2) is 72.1 Å². The van der Waals surface area contributed by atoms with Crippen LogP contribution < -0.4 is 124 Å². The van der Waals surface area contributed by atoms with Crippen LogP contribution in [0.2, 0.25) is 5.02 Å². The second-order valence-corrected chi connectivity index (χ2v) is 15.7. The summed E-state index contributed by atoms with van der Waals surface area (Å²) >= 11 is 5.74. The summed E-state index contributed by atoms with van der Waals surface area (Å²) in [6.07, 6.45) is -1.49. The van der Waals surface area contributed by atoms with E-state index in [4.69, 9.17) is 11.6 Å². The molecule has 0 atom stereocenters. The number of phenolic OH excluding ortho intramolecular Hbond substituents is 2. The number of fused-ring (bicyclic) bond motifs is 2. The monoisotopic (exact) mass is 952 g/mol. The minimum absolute atomic E-state index is 0. The van der Waals surface area contributed by atoms with E-state index in [-0.39, 0.29) is 158 Å². The average molecular weight is 954 g/mol. The molecule has 1 aromatic heterocycles. The van der Waals surface area contributed by atoms with Gasteiger partial charge in [-0.15, -0.1) is 10.2 Å². The molecule has 31 heteroatoms. The number of halogens is 3. The van der Waals surface area contributed by atoms with Crippen LogP contribution in [0.5, 0.6) is 11.5 Å². The fourth-order valence-electron chi connectivity index (χ4n) is 4.51. The van der Waals surface area contributed by atoms with Gasteiger partial charge in [-0.2, -0.15) is 52.4 Å². The van der Waals surface area contributed by atoms with E-state index < -0.39 is 117 Å². The number of hydrogen-bond acceptors (Lipinski definition) is 15. The van der Waals surface area contributed by atoms with Gasteiger partial charge in [0, 0.05) is 38.9 Å². The van der Waals surface area contributed by atoms with Crippen molar-refractivity contribution < 1.29 is 206 Å². The number of phenols is 2. The Bertz CT molecular complexity index is 2830. The van der Waals surface area contributed by atoms with Gasteiger partial charge >= 0.3 is 124 Å². The molecule has 0 aliphatic rings. The van der Waals surface area contributed by atoms with E-state index in [1.54, 1.807) is 0 Å². The molecule has 0 bridgehead atoms. The van der Waals surface area contributed by atoms with E-state index in [0.717, 1.165) is 18.2 Å². The average Bonchev–Trinajstić information content (AvgIpc) is 2.97. The van der Waals surface area contributed by atoms with Gasteiger partial charge in [0.15, 0.2) is 17.3 Å². The minimum atomic E-state index is -5.56. The van der Waals surface area contributed by atoms with Gasteiger partial charge in [-0.05, 0) is 47.9 Å². The van der Waals surface area contributed by atoms with E-state index in [0.29, 0.717) is 12.1 Å². The molecule has 19 nitrogen and oxygen atoms in total. The van der Waals surface area contributed by atoms with Crippen LogP contribution in [0.25, 0.3) is 21.5 Å². The fourth-order valence-corrected chi connectivity index (χ4v) is 7.35. The summed E-state index contributed by atoms with van der Waals surface area (Å²) < 4.78 is 163. The summed E-state index contributed by atoms with van der Waals surface area (Å²) in [6.45, 7) is 0. The molecule has 5 rings (SSSR count). The van der Waals surface area contributed by atoms with Gasteiger partial charge in [0.2, 0.25) is 5.95 Å². The number of anilines is 2. The Hall–Kier alpha value is -0.211. The molecular formula is C24H14ClCuF2N5Na4O14S4+4. The van der Waals surface area contributed by atoms with Gasteiger partial charge in [-0.1, -0.05) is 11.6 Å². The van der Waals surface area contributed by atoms with Crippen LogP contribution >= 0.6 is 11.6 Å². The molecular weight excluding hydrogens is 940 g/mol. The van der Waals surface area contributed by atoms with Gasteiger partial charge in [0.05, 0.1) is 4.90 Å². The Morgan fingerprint density at radius 2 is 1.22 bits per heavy atom. The third kappa shape index (κ3) is 12.0. The van der Waals surface area contributed by atoms with Crippen molar-refractivity contribution in [1.82, 2.24) is 9.97 Å². The topological polar surface area (TPSA) is 320 Å². The summed E-state index contributed by atoms with van der Waals surface area (Å²) in [5.41, 5.74) is -2.21. The normalized spacial score (nSPS) is 11.8. The predicted molar refractivity (Wildman–Crippen MR) is 165 cm³/mol. The third-order valence-electron chi connectivity index (χ3n) is 6.57. The maximum Gasteiger partial charge on any atom is 1.00 e.